The first-order chi connectivity index (χ1) is 15.1. The Morgan fingerprint density at radius 2 is 1.84 bits per heavy atom. The van der Waals surface area contributed by atoms with E-state index in [1.165, 1.54) is 0 Å². The van der Waals surface area contributed by atoms with Gasteiger partial charge in [0, 0.05) is 38.3 Å². The Morgan fingerprint density at radius 3 is 2.48 bits per heavy atom. The number of benzene rings is 1. The Labute approximate surface area is 183 Å². The van der Waals surface area contributed by atoms with Gasteiger partial charge in [0.2, 0.25) is 0 Å². The number of piperazine rings is 1. The summed E-state index contributed by atoms with van der Waals surface area (Å²) < 4.78 is 7.43. The van der Waals surface area contributed by atoms with E-state index in [1.807, 2.05) is 34.7 Å². The highest BCUT2D eigenvalue weighted by Gasteiger charge is 2.27. The van der Waals surface area contributed by atoms with Crippen molar-refractivity contribution in [3.8, 4) is 5.69 Å². The first kappa shape index (κ1) is 21.2. The number of hydrogen-bond donors (Lipinski definition) is 0. The van der Waals surface area contributed by atoms with E-state index < -0.39 is 0 Å². The fourth-order valence-electron chi connectivity index (χ4n) is 4.09. The summed E-state index contributed by atoms with van der Waals surface area (Å²) in [7, 11) is 2.16. The van der Waals surface area contributed by atoms with Gasteiger partial charge in [-0.25, -0.2) is 4.68 Å². The van der Waals surface area contributed by atoms with Crippen LogP contribution in [0.3, 0.4) is 0 Å². The molecule has 7 heteroatoms. The maximum atomic E-state index is 13.1. The molecule has 3 aromatic rings. The van der Waals surface area contributed by atoms with Crippen LogP contribution in [0.5, 0.6) is 0 Å². The molecular formula is C24H31N5O2. The predicted molar refractivity (Wildman–Crippen MR) is 122 cm³/mol. The first-order valence-electron chi connectivity index (χ1n) is 11.0. The molecule has 1 aliphatic heterocycles. The van der Waals surface area contributed by atoms with Crippen molar-refractivity contribution in [2.75, 3.05) is 44.7 Å². The number of amides is 1. The van der Waals surface area contributed by atoms with Gasteiger partial charge >= 0.3 is 0 Å². The zero-order chi connectivity index (χ0) is 21.8. The second-order valence-corrected chi connectivity index (χ2v) is 8.13. The summed E-state index contributed by atoms with van der Waals surface area (Å²) in [5, 5.41) is 4.91. The summed E-state index contributed by atoms with van der Waals surface area (Å²) in [6.07, 6.45) is 2.42. The third-order valence-electron chi connectivity index (χ3n) is 5.82. The monoisotopic (exact) mass is 421 g/mol. The van der Waals surface area contributed by atoms with Gasteiger partial charge in [0.15, 0.2) is 5.76 Å². The molecule has 0 aliphatic carbocycles. The van der Waals surface area contributed by atoms with E-state index in [9.17, 15) is 4.79 Å². The van der Waals surface area contributed by atoms with Crippen LogP contribution in [0.4, 0.5) is 5.82 Å². The van der Waals surface area contributed by atoms with Crippen molar-refractivity contribution in [1.82, 2.24) is 19.6 Å². The van der Waals surface area contributed by atoms with Crippen LogP contribution >= 0.6 is 0 Å². The molecule has 1 amide bonds. The molecule has 2 aromatic heterocycles. The van der Waals surface area contributed by atoms with E-state index in [4.69, 9.17) is 9.52 Å². The van der Waals surface area contributed by atoms with Crippen molar-refractivity contribution in [2.24, 2.45) is 0 Å². The largest absolute Gasteiger partial charge is 0.459 e. The average molecular weight is 422 g/mol. The lowest BCUT2D eigenvalue weighted by atomic mass is 10.1. The maximum absolute atomic E-state index is 13.1. The van der Waals surface area contributed by atoms with E-state index in [1.54, 1.807) is 18.4 Å². The third-order valence-corrected chi connectivity index (χ3v) is 5.82. The number of carbonyl (C=O) groups is 1. The number of aryl methyl sites for hydroxylation is 1. The van der Waals surface area contributed by atoms with Gasteiger partial charge in [-0.1, -0.05) is 25.1 Å². The Hall–Kier alpha value is -3.06. The van der Waals surface area contributed by atoms with Crippen LogP contribution in [0.15, 0.2) is 53.1 Å². The van der Waals surface area contributed by atoms with Gasteiger partial charge in [0.05, 0.1) is 24.2 Å². The molecule has 1 fully saturated rings. The SMILES string of the molecule is CCCN(Cc1c(C)nn(-c2ccccc2)c1N1CCN(C)CC1)C(=O)c1ccco1. The van der Waals surface area contributed by atoms with Crippen molar-refractivity contribution in [3.05, 3.63) is 65.7 Å². The highest BCUT2D eigenvalue weighted by atomic mass is 16.3. The Kier molecular flexibility index (Phi) is 6.42. The van der Waals surface area contributed by atoms with Crippen molar-refractivity contribution < 1.29 is 9.21 Å². The molecule has 4 rings (SSSR count). The van der Waals surface area contributed by atoms with Crippen molar-refractivity contribution in [3.63, 3.8) is 0 Å². The Balaban J connectivity index is 1.73. The maximum Gasteiger partial charge on any atom is 0.289 e. The Morgan fingerprint density at radius 1 is 1.10 bits per heavy atom. The number of likely N-dealkylation sites (N-methyl/N-ethyl adjacent to an activating group) is 1. The lowest BCUT2D eigenvalue weighted by Gasteiger charge is -2.35. The normalized spacial score (nSPS) is 14.7. The minimum atomic E-state index is -0.0805. The number of hydrogen-bond acceptors (Lipinski definition) is 5. The van der Waals surface area contributed by atoms with Crippen LogP contribution in [-0.2, 0) is 6.54 Å². The number of nitrogens with zero attached hydrogens (tertiary/aromatic N) is 5. The lowest BCUT2D eigenvalue weighted by molar-refractivity contribution is 0.0711. The molecule has 0 unspecified atom stereocenters. The molecule has 0 atom stereocenters. The molecule has 3 heterocycles. The Bertz CT molecular complexity index is 989. The van der Waals surface area contributed by atoms with Crippen LogP contribution in [-0.4, -0.2) is 65.3 Å². The van der Waals surface area contributed by atoms with Crippen molar-refractivity contribution >= 4 is 11.7 Å². The number of rotatable bonds is 7. The topological polar surface area (TPSA) is 57.8 Å². The van der Waals surface area contributed by atoms with Crippen LogP contribution in [0.2, 0.25) is 0 Å². The standard InChI is InChI=1S/C24H31N5O2/c1-4-12-28(24(30)22-11-8-17-31-22)18-21-19(2)25-29(20-9-6-5-7-10-20)23(21)27-15-13-26(3)14-16-27/h5-11,17H,4,12-16,18H2,1-3H3. The second-order valence-electron chi connectivity index (χ2n) is 8.13. The zero-order valence-corrected chi connectivity index (χ0v) is 18.6. The molecular weight excluding hydrogens is 390 g/mol. The third kappa shape index (κ3) is 4.51. The quantitative estimate of drug-likeness (QED) is 0.584. The summed E-state index contributed by atoms with van der Waals surface area (Å²) >= 11 is 0. The zero-order valence-electron chi connectivity index (χ0n) is 18.6. The predicted octanol–water partition coefficient (Wildman–Crippen LogP) is 3.58. The minimum Gasteiger partial charge on any atom is -0.459 e. The van der Waals surface area contributed by atoms with E-state index in [-0.39, 0.29) is 5.91 Å². The smallest absolute Gasteiger partial charge is 0.289 e. The summed E-state index contributed by atoms with van der Waals surface area (Å²) in [5.41, 5.74) is 3.08. The lowest BCUT2D eigenvalue weighted by Crippen LogP contribution is -2.45. The van der Waals surface area contributed by atoms with Crippen LogP contribution in [0, 0.1) is 6.92 Å². The molecule has 7 nitrogen and oxygen atoms in total. The van der Waals surface area contributed by atoms with Gasteiger partial charge < -0.3 is 19.1 Å². The van der Waals surface area contributed by atoms with Gasteiger partial charge in [-0.3, -0.25) is 4.79 Å². The molecule has 1 aromatic carbocycles. The van der Waals surface area contributed by atoms with Gasteiger partial charge in [-0.05, 0) is 44.7 Å². The number of carbonyl (C=O) groups excluding carboxylic acids is 1. The molecule has 0 radical (unpaired) electrons. The van der Waals surface area contributed by atoms with Crippen LogP contribution < -0.4 is 4.90 Å². The van der Waals surface area contributed by atoms with Gasteiger partial charge in [0.25, 0.3) is 5.91 Å². The summed E-state index contributed by atoms with van der Waals surface area (Å²) in [4.78, 5) is 19.7. The molecule has 164 valence electrons. The summed E-state index contributed by atoms with van der Waals surface area (Å²) in [6.45, 7) is 9.17. The van der Waals surface area contributed by atoms with E-state index >= 15 is 0 Å². The van der Waals surface area contributed by atoms with Crippen molar-refractivity contribution in [2.45, 2.75) is 26.8 Å². The molecule has 0 spiro atoms. The number of anilines is 1. The fraction of sp³-hybridized carbons (Fsp3) is 0.417. The molecule has 0 N–H and O–H groups in total. The number of furan rings is 1. The van der Waals surface area contributed by atoms with E-state index in [2.05, 4.69) is 35.9 Å². The highest BCUT2D eigenvalue weighted by Crippen LogP contribution is 2.30. The van der Waals surface area contributed by atoms with Gasteiger partial charge in [-0.15, -0.1) is 0 Å². The first-order valence-corrected chi connectivity index (χ1v) is 11.0. The minimum absolute atomic E-state index is 0.0805. The molecule has 1 aliphatic rings. The molecule has 0 bridgehead atoms. The van der Waals surface area contributed by atoms with Crippen molar-refractivity contribution in [1.29, 1.82) is 0 Å². The van der Waals surface area contributed by atoms with E-state index in [0.29, 0.717) is 18.8 Å². The number of aromatic nitrogens is 2. The summed E-state index contributed by atoms with van der Waals surface area (Å²) in [5.74, 6) is 1.39. The summed E-state index contributed by atoms with van der Waals surface area (Å²) in [6, 6.07) is 13.7. The van der Waals surface area contributed by atoms with Gasteiger partial charge in [0.1, 0.15) is 5.82 Å². The van der Waals surface area contributed by atoms with Crippen LogP contribution in [0.25, 0.3) is 5.69 Å². The average Bonchev–Trinajstić information content (AvgIpc) is 3.43. The second kappa shape index (κ2) is 9.39. The molecule has 0 saturated carbocycles. The fourth-order valence-corrected chi connectivity index (χ4v) is 4.09. The highest BCUT2D eigenvalue weighted by molar-refractivity contribution is 5.91. The number of para-hydroxylation sites is 1. The molecule has 1 saturated heterocycles. The van der Waals surface area contributed by atoms with E-state index in [0.717, 1.165) is 55.4 Å². The van der Waals surface area contributed by atoms with Crippen LogP contribution in [0.1, 0.15) is 35.2 Å². The molecule has 31 heavy (non-hydrogen) atoms. The van der Waals surface area contributed by atoms with Gasteiger partial charge in [-0.2, -0.15) is 5.10 Å².